The summed E-state index contributed by atoms with van der Waals surface area (Å²) in [6.45, 7) is 5.32. The fourth-order valence-electron chi connectivity index (χ4n) is 4.18. The fourth-order valence-corrected chi connectivity index (χ4v) is 4.18. The number of hydrogen-bond donors (Lipinski definition) is 2. The molecular weight excluding hydrogens is 444 g/mol. The number of aromatic amines is 1. The lowest BCUT2D eigenvalue weighted by atomic mass is 10.1. The number of carbonyl (C=O) groups is 1. The van der Waals surface area contributed by atoms with Crippen LogP contribution >= 0.6 is 0 Å². The van der Waals surface area contributed by atoms with Gasteiger partial charge in [-0.2, -0.15) is 5.10 Å². The number of nitrogens with one attached hydrogen (secondary N) is 1. The van der Waals surface area contributed by atoms with E-state index in [0.717, 1.165) is 47.5 Å². The van der Waals surface area contributed by atoms with E-state index in [1.165, 1.54) is 0 Å². The Hall–Kier alpha value is -3.82. The van der Waals surface area contributed by atoms with Gasteiger partial charge in [0.25, 0.3) is 5.91 Å². The molecule has 0 unspecified atom stereocenters. The predicted molar refractivity (Wildman–Crippen MR) is 132 cm³/mol. The molecule has 1 aliphatic rings. The Balaban J connectivity index is 1.20. The van der Waals surface area contributed by atoms with Gasteiger partial charge in [-0.3, -0.25) is 19.8 Å². The number of piperazine rings is 1. The summed E-state index contributed by atoms with van der Waals surface area (Å²) < 4.78 is 5.94. The second-order valence-electron chi connectivity index (χ2n) is 8.64. The van der Waals surface area contributed by atoms with Gasteiger partial charge >= 0.3 is 0 Å². The Morgan fingerprint density at radius 1 is 1.11 bits per heavy atom. The largest absolute Gasteiger partial charge is 0.439 e. The monoisotopic (exact) mass is 472 g/mol. The highest BCUT2D eigenvalue weighted by molar-refractivity contribution is 5.81. The number of ether oxygens (including phenoxy) is 1. The first-order chi connectivity index (χ1) is 17.1. The standard InChI is InChI=1S/C26H28N6O3/c1-2-24(33)26(34)32-13-11-31(12-14-32)17-20-5-3-18-15-21(6-7-22(18)29-20)35-25-8-4-19(16-27-25)23-9-10-28-30-23/h3-10,15-16,24,33H,2,11-14,17H2,1H3,(H,28,30)/t24-/m1/s1. The number of nitrogens with zero attached hydrogens (tertiary/aromatic N) is 5. The van der Waals surface area contributed by atoms with Crippen LogP contribution in [0.1, 0.15) is 19.0 Å². The van der Waals surface area contributed by atoms with Gasteiger partial charge in [0, 0.05) is 62.1 Å². The third-order valence-electron chi connectivity index (χ3n) is 6.23. The maximum absolute atomic E-state index is 12.2. The van der Waals surface area contributed by atoms with Crippen LogP contribution in [0.4, 0.5) is 0 Å². The summed E-state index contributed by atoms with van der Waals surface area (Å²) >= 11 is 0. The van der Waals surface area contributed by atoms with Gasteiger partial charge in [-0.15, -0.1) is 0 Å². The van der Waals surface area contributed by atoms with E-state index in [1.54, 1.807) is 17.3 Å². The lowest BCUT2D eigenvalue weighted by Crippen LogP contribution is -2.51. The molecule has 1 saturated heterocycles. The van der Waals surface area contributed by atoms with Crippen LogP contribution in [-0.2, 0) is 11.3 Å². The molecule has 1 fully saturated rings. The van der Waals surface area contributed by atoms with E-state index in [1.807, 2.05) is 49.4 Å². The second-order valence-corrected chi connectivity index (χ2v) is 8.64. The van der Waals surface area contributed by atoms with E-state index in [0.29, 0.717) is 31.1 Å². The van der Waals surface area contributed by atoms with Gasteiger partial charge in [0.2, 0.25) is 5.88 Å². The van der Waals surface area contributed by atoms with E-state index < -0.39 is 6.10 Å². The number of benzene rings is 1. The highest BCUT2D eigenvalue weighted by Gasteiger charge is 2.25. The van der Waals surface area contributed by atoms with Crippen molar-refractivity contribution in [1.82, 2.24) is 30.0 Å². The number of rotatable bonds is 7. The van der Waals surface area contributed by atoms with Crippen molar-refractivity contribution >= 4 is 16.8 Å². The molecule has 9 heteroatoms. The second kappa shape index (κ2) is 10.2. The average molecular weight is 473 g/mol. The minimum atomic E-state index is -0.894. The molecule has 1 amide bonds. The van der Waals surface area contributed by atoms with Crippen LogP contribution in [0.25, 0.3) is 22.2 Å². The lowest BCUT2D eigenvalue weighted by Gasteiger charge is -2.35. The van der Waals surface area contributed by atoms with Gasteiger partial charge in [0.1, 0.15) is 11.9 Å². The number of fused-ring (bicyclic) bond motifs is 1. The normalized spacial score (nSPS) is 15.3. The molecule has 180 valence electrons. The highest BCUT2D eigenvalue weighted by Crippen LogP contribution is 2.26. The molecule has 1 aliphatic heterocycles. The van der Waals surface area contributed by atoms with Gasteiger partial charge in [-0.25, -0.2) is 4.98 Å². The lowest BCUT2D eigenvalue weighted by molar-refractivity contribution is -0.142. The molecule has 35 heavy (non-hydrogen) atoms. The number of aliphatic hydroxyl groups is 1. The number of hydrogen-bond acceptors (Lipinski definition) is 7. The molecule has 3 aromatic heterocycles. The van der Waals surface area contributed by atoms with Crippen LogP contribution < -0.4 is 4.74 Å². The number of aliphatic hydroxyl groups excluding tert-OH is 1. The van der Waals surface area contributed by atoms with Crippen LogP contribution in [0.2, 0.25) is 0 Å². The van der Waals surface area contributed by atoms with Crippen molar-refractivity contribution in [3.05, 3.63) is 66.6 Å². The predicted octanol–water partition coefficient (Wildman–Crippen LogP) is 3.23. The average Bonchev–Trinajstić information content (AvgIpc) is 3.44. The first-order valence-corrected chi connectivity index (χ1v) is 11.8. The molecule has 0 bridgehead atoms. The van der Waals surface area contributed by atoms with Crippen molar-refractivity contribution in [2.45, 2.75) is 26.0 Å². The Labute approximate surface area is 203 Å². The summed E-state index contributed by atoms with van der Waals surface area (Å²) in [6, 6.07) is 15.5. The van der Waals surface area contributed by atoms with Crippen LogP contribution in [0.3, 0.4) is 0 Å². The van der Waals surface area contributed by atoms with Crippen molar-refractivity contribution in [1.29, 1.82) is 0 Å². The maximum Gasteiger partial charge on any atom is 0.251 e. The van der Waals surface area contributed by atoms with Crippen LogP contribution in [0.15, 0.2) is 60.9 Å². The number of pyridine rings is 2. The van der Waals surface area contributed by atoms with Gasteiger partial charge in [0.15, 0.2) is 0 Å². The van der Waals surface area contributed by atoms with Gasteiger partial charge < -0.3 is 14.7 Å². The molecule has 1 atom stereocenters. The number of aromatic nitrogens is 4. The zero-order valence-corrected chi connectivity index (χ0v) is 19.6. The summed E-state index contributed by atoms with van der Waals surface area (Å²) in [5.74, 6) is 1.04. The van der Waals surface area contributed by atoms with E-state index in [9.17, 15) is 9.90 Å². The minimum Gasteiger partial charge on any atom is -0.439 e. The van der Waals surface area contributed by atoms with Crippen molar-refractivity contribution in [3.63, 3.8) is 0 Å². The quantitative estimate of drug-likeness (QED) is 0.425. The third-order valence-corrected chi connectivity index (χ3v) is 6.23. The fraction of sp³-hybridized carbons (Fsp3) is 0.308. The first-order valence-electron chi connectivity index (χ1n) is 11.8. The van der Waals surface area contributed by atoms with Gasteiger partial charge in [0.05, 0.1) is 16.9 Å². The number of amides is 1. The molecule has 0 aliphatic carbocycles. The third kappa shape index (κ3) is 5.31. The molecule has 4 heterocycles. The van der Waals surface area contributed by atoms with Crippen LogP contribution in [-0.4, -0.2) is 73.3 Å². The number of H-pyrrole nitrogens is 1. The van der Waals surface area contributed by atoms with Crippen molar-refractivity contribution in [2.24, 2.45) is 0 Å². The zero-order valence-electron chi connectivity index (χ0n) is 19.6. The molecule has 0 radical (unpaired) electrons. The molecule has 0 spiro atoms. The molecule has 9 nitrogen and oxygen atoms in total. The molecule has 5 rings (SSSR count). The van der Waals surface area contributed by atoms with Crippen LogP contribution in [0.5, 0.6) is 11.6 Å². The van der Waals surface area contributed by atoms with Crippen molar-refractivity contribution in [2.75, 3.05) is 26.2 Å². The van der Waals surface area contributed by atoms with E-state index in [4.69, 9.17) is 9.72 Å². The molecule has 1 aromatic carbocycles. The smallest absolute Gasteiger partial charge is 0.251 e. The van der Waals surface area contributed by atoms with E-state index in [2.05, 4.69) is 26.1 Å². The molecular formula is C26H28N6O3. The molecule has 0 saturated carbocycles. The zero-order chi connectivity index (χ0) is 24.2. The first kappa shape index (κ1) is 22.9. The van der Waals surface area contributed by atoms with Gasteiger partial charge in [-0.05, 0) is 42.8 Å². The summed E-state index contributed by atoms with van der Waals surface area (Å²) in [5.41, 5.74) is 3.73. The Morgan fingerprint density at radius 2 is 1.97 bits per heavy atom. The minimum absolute atomic E-state index is 0.169. The summed E-state index contributed by atoms with van der Waals surface area (Å²) in [7, 11) is 0. The highest BCUT2D eigenvalue weighted by atomic mass is 16.5. The maximum atomic E-state index is 12.2. The summed E-state index contributed by atoms with van der Waals surface area (Å²) in [5, 5.41) is 17.7. The Bertz CT molecular complexity index is 1280. The number of carbonyl (C=O) groups excluding carboxylic acids is 1. The van der Waals surface area contributed by atoms with E-state index >= 15 is 0 Å². The summed E-state index contributed by atoms with van der Waals surface area (Å²) in [4.78, 5) is 25.4. The Kier molecular flexibility index (Phi) is 6.69. The molecule has 4 aromatic rings. The van der Waals surface area contributed by atoms with Crippen molar-refractivity contribution in [3.8, 4) is 22.9 Å². The molecule has 2 N–H and O–H groups in total. The SMILES string of the molecule is CC[C@@H](O)C(=O)N1CCN(Cc2ccc3cc(Oc4ccc(-c5ccn[nH]5)cn4)ccc3n2)CC1. The van der Waals surface area contributed by atoms with E-state index in [-0.39, 0.29) is 5.91 Å². The van der Waals surface area contributed by atoms with Gasteiger partial charge in [-0.1, -0.05) is 13.0 Å². The van der Waals surface area contributed by atoms with Crippen LogP contribution in [0, 0.1) is 0 Å². The Morgan fingerprint density at radius 3 is 2.69 bits per heavy atom. The topological polar surface area (TPSA) is 107 Å². The van der Waals surface area contributed by atoms with Crippen molar-refractivity contribution < 1.29 is 14.6 Å². The summed E-state index contributed by atoms with van der Waals surface area (Å²) in [6.07, 6.45) is 3.01.